The predicted molar refractivity (Wildman–Crippen MR) is 148 cm³/mol. The number of rotatable bonds is 10. The average Bonchev–Trinajstić information content (AvgIpc) is 3.80. The Hall–Kier alpha value is -3.47. The van der Waals surface area contributed by atoms with E-state index in [1.807, 2.05) is 0 Å². The van der Waals surface area contributed by atoms with E-state index in [0.29, 0.717) is 0 Å². The predicted octanol–water partition coefficient (Wildman–Crippen LogP) is -1.71. The molecule has 7 rings (SSSR count). The number of ether oxygens (including phenoxy) is 3. The summed E-state index contributed by atoms with van der Waals surface area (Å²) < 4.78 is 75.1. The van der Waals surface area contributed by atoms with Crippen molar-refractivity contribution in [2.24, 2.45) is 0 Å². The quantitative estimate of drug-likeness (QED) is 0.101. The third-order valence-corrected chi connectivity index (χ3v) is 9.13. The number of H-pyrrole nitrogens is 1. The molecule has 25 heteroatoms. The Labute approximate surface area is 255 Å². The van der Waals surface area contributed by atoms with Crippen LogP contribution in [0.25, 0.3) is 22.3 Å². The number of hydrogen-bond acceptors (Lipinski definition) is 17. The Morgan fingerprint density at radius 3 is 2.67 bits per heavy atom. The molecule has 0 amide bonds. The number of anilines is 2. The standard InChI is InChI=1S/C21H25FN10O12P2/c22-8-7(1-40-45(35)36)42-18(32-6-28-10-16(32)29-20(24)30-17(10)34)11(8)44-46(37,38)41-3-21-2-39-12(13(21)33)19(43-21)31-5-27-9-14(23)25-4-26-15(9)31/h4-8,11-13,18-19,33,45H,1-3H2,(H,35,36)(H,37,38)(H2,23,25,26)(H3,24,29,30,34)/t7-,8-,11-,12-,13+,18-,19-,21-/m1/s1. The van der Waals surface area contributed by atoms with E-state index in [4.69, 9.17) is 39.6 Å². The molecule has 0 spiro atoms. The molecule has 3 saturated heterocycles. The van der Waals surface area contributed by atoms with Crippen LogP contribution in [0.5, 0.6) is 0 Å². The van der Waals surface area contributed by atoms with E-state index >= 15 is 4.39 Å². The molecule has 2 unspecified atom stereocenters. The van der Waals surface area contributed by atoms with Gasteiger partial charge in [-0.1, -0.05) is 0 Å². The highest BCUT2D eigenvalue weighted by molar-refractivity contribution is 7.47. The van der Waals surface area contributed by atoms with E-state index in [9.17, 15) is 23.9 Å². The van der Waals surface area contributed by atoms with Gasteiger partial charge >= 0.3 is 16.1 Å². The lowest BCUT2D eigenvalue weighted by Gasteiger charge is -2.31. The second-order valence-corrected chi connectivity index (χ2v) is 12.8. The second-order valence-electron chi connectivity index (χ2n) is 10.6. The molecule has 46 heavy (non-hydrogen) atoms. The number of hydrogen-bond donors (Lipinski definition) is 6. The van der Waals surface area contributed by atoms with Crippen LogP contribution < -0.4 is 17.0 Å². The molecule has 2 bridgehead atoms. The number of nitrogens with two attached hydrogens (primary N) is 2. The molecule has 3 fully saturated rings. The summed E-state index contributed by atoms with van der Waals surface area (Å²) in [6, 6.07) is 0. The Balaban J connectivity index is 1.12. The first kappa shape index (κ1) is 31.1. The molecule has 4 aromatic heterocycles. The SMILES string of the molecule is Nc1nc2c(ncn2[C@@H]2O[C@H](CO[PH](=O)O)[C@@H](F)[C@H]2OP(=O)(O)OC[C@@]23CO[C@@H]([C@H](n4cnc5c(N)ncnc54)O2)[C@@H]3O)c(=O)[nH]1. The maximum Gasteiger partial charge on any atom is 0.472 e. The van der Waals surface area contributed by atoms with Crippen molar-refractivity contribution >= 4 is 50.2 Å². The van der Waals surface area contributed by atoms with Gasteiger partial charge < -0.3 is 45.1 Å². The van der Waals surface area contributed by atoms with Crippen molar-refractivity contribution in [3.05, 3.63) is 29.3 Å². The van der Waals surface area contributed by atoms with E-state index < -0.39 is 83.5 Å². The molecule has 0 aromatic carbocycles. The van der Waals surface area contributed by atoms with Gasteiger partial charge in [0.25, 0.3) is 5.56 Å². The first-order chi connectivity index (χ1) is 21.9. The van der Waals surface area contributed by atoms with E-state index in [1.165, 1.54) is 17.2 Å². The number of nitrogen functional groups attached to an aromatic ring is 2. The van der Waals surface area contributed by atoms with Crippen LogP contribution in [0.15, 0.2) is 23.8 Å². The van der Waals surface area contributed by atoms with Gasteiger partial charge in [-0.15, -0.1) is 0 Å². The van der Waals surface area contributed by atoms with Gasteiger partial charge in [0.15, 0.2) is 41.3 Å². The van der Waals surface area contributed by atoms with Crippen LogP contribution in [0, 0.1) is 0 Å². The van der Waals surface area contributed by atoms with Crippen molar-refractivity contribution < 1.29 is 56.2 Å². The zero-order valence-electron chi connectivity index (χ0n) is 23.0. The van der Waals surface area contributed by atoms with E-state index in [1.54, 1.807) is 0 Å². The summed E-state index contributed by atoms with van der Waals surface area (Å²) in [7, 11) is -8.72. The van der Waals surface area contributed by atoms with Crippen LogP contribution in [0.4, 0.5) is 16.2 Å². The molecule has 7 heterocycles. The van der Waals surface area contributed by atoms with Gasteiger partial charge in [0.2, 0.25) is 5.95 Å². The minimum Gasteiger partial charge on any atom is -0.387 e. The number of aliphatic hydroxyl groups excluding tert-OH is 1. The summed E-state index contributed by atoms with van der Waals surface area (Å²) in [6.45, 7) is -1.75. The fraction of sp³-hybridized carbons (Fsp3) is 0.524. The van der Waals surface area contributed by atoms with Crippen molar-refractivity contribution in [3.8, 4) is 0 Å². The molecule has 248 valence electrons. The molecule has 8 N–H and O–H groups in total. The van der Waals surface area contributed by atoms with Crippen LogP contribution in [-0.2, 0) is 36.9 Å². The molecule has 10 atom stereocenters. The molecule has 0 radical (unpaired) electrons. The number of aromatic amines is 1. The molecule has 0 aliphatic carbocycles. The highest BCUT2D eigenvalue weighted by Crippen LogP contribution is 2.53. The molecule has 3 aliphatic rings. The number of nitrogens with one attached hydrogen (secondary N) is 1. The van der Waals surface area contributed by atoms with Crippen molar-refractivity contribution in [2.45, 2.75) is 48.6 Å². The first-order valence-electron chi connectivity index (χ1n) is 13.3. The van der Waals surface area contributed by atoms with Crippen molar-refractivity contribution in [2.75, 3.05) is 31.3 Å². The Bertz CT molecular complexity index is 1940. The number of nitrogens with zero attached hydrogens (tertiary/aromatic N) is 7. The number of phosphoric ester groups is 1. The maximum absolute atomic E-state index is 15.7. The fourth-order valence-corrected chi connectivity index (χ4v) is 6.90. The van der Waals surface area contributed by atoms with E-state index in [-0.39, 0.29) is 40.7 Å². The first-order valence-corrected chi connectivity index (χ1v) is 16.1. The summed E-state index contributed by atoms with van der Waals surface area (Å²) in [6.07, 6.45) is -7.10. The van der Waals surface area contributed by atoms with Crippen molar-refractivity contribution in [1.82, 2.24) is 39.0 Å². The zero-order chi connectivity index (χ0) is 32.5. The minimum atomic E-state index is -5.22. The van der Waals surface area contributed by atoms with Crippen LogP contribution in [0.1, 0.15) is 12.5 Å². The van der Waals surface area contributed by atoms with E-state index in [0.717, 1.165) is 10.9 Å². The van der Waals surface area contributed by atoms with Crippen LogP contribution in [0.3, 0.4) is 0 Å². The lowest BCUT2D eigenvalue weighted by molar-refractivity contribution is -0.184. The lowest BCUT2D eigenvalue weighted by atomic mass is 10.0. The smallest absolute Gasteiger partial charge is 0.387 e. The van der Waals surface area contributed by atoms with Crippen molar-refractivity contribution in [3.63, 3.8) is 0 Å². The number of aromatic nitrogens is 8. The summed E-state index contributed by atoms with van der Waals surface area (Å²) in [5, 5.41) is 11.0. The number of aliphatic hydroxyl groups is 1. The molecule has 3 aliphatic heterocycles. The lowest BCUT2D eigenvalue weighted by Crippen LogP contribution is -2.45. The maximum atomic E-state index is 15.7. The Kier molecular flexibility index (Phi) is 7.68. The summed E-state index contributed by atoms with van der Waals surface area (Å²) >= 11 is 0. The largest absolute Gasteiger partial charge is 0.472 e. The second kappa shape index (κ2) is 11.3. The zero-order valence-corrected chi connectivity index (χ0v) is 24.9. The van der Waals surface area contributed by atoms with Gasteiger partial charge in [-0.3, -0.25) is 32.5 Å². The minimum absolute atomic E-state index is 0.111. The topological polar surface area (TPSA) is 309 Å². The molecule has 22 nitrogen and oxygen atoms in total. The Morgan fingerprint density at radius 1 is 1.17 bits per heavy atom. The number of phosphoric acid groups is 1. The summed E-state index contributed by atoms with van der Waals surface area (Å²) in [5.41, 5.74) is 9.26. The normalized spacial score (nSPS) is 32.8. The van der Waals surface area contributed by atoms with Gasteiger partial charge in [0.1, 0.15) is 41.9 Å². The molecular formula is C21H25FN10O12P2. The highest BCUT2D eigenvalue weighted by Gasteiger charge is 2.63. The third kappa shape index (κ3) is 5.18. The van der Waals surface area contributed by atoms with Gasteiger partial charge in [0, 0.05) is 0 Å². The van der Waals surface area contributed by atoms with E-state index in [2.05, 4.69) is 34.4 Å². The van der Waals surface area contributed by atoms with Gasteiger partial charge in [-0.25, -0.2) is 28.9 Å². The van der Waals surface area contributed by atoms with Gasteiger partial charge in [0.05, 0.1) is 32.5 Å². The van der Waals surface area contributed by atoms with Gasteiger partial charge in [-0.2, -0.15) is 4.98 Å². The third-order valence-electron chi connectivity index (χ3n) is 7.76. The van der Waals surface area contributed by atoms with Crippen LogP contribution in [0.2, 0.25) is 0 Å². The summed E-state index contributed by atoms with van der Waals surface area (Å²) in [5.74, 6) is -0.203. The highest BCUT2D eigenvalue weighted by atomic mass is 31.2. The van der Waals surface area contributed by atoms with Gasteiger partial charge in [-0.05, 0) is 0 Å². The molecule has 0 saturated carbocycles. The number of fused-ring (bicyclic) bond motifs is 4. The van der Waals surface area contributed by atoms with Crippen LogP contribution >= 0.6 is 16.1 Å². The fourth-order valence-electron chi connectivity index (χ4n) is 5.62. The average molecular weight is 690 g/mol. The van der Waals surface area contributed by atoms with Crippen molar-refractivity contribution in [1.29, 1.82) is 0 Å². The number of alkyl halides is 1. The molecule has 4 aromatic rings. The summed E-state index contributed by atoms with van der Waals surface area (Å²) in [4.78, 5) is 54.4. The molecular weight excluding hydrogens is 665 g/mol. The Morgan fingerprint density at radius 2 is 1.91 bits per heavy atom. The van der Waals surface area contributed by atoms with Crippen LogP contribution in [-0.4, -0.2) is 110 Å². The monoisotopic (exact) mass is 690 g/mol. The number of imidazole rings is 2. The number of halogens is 1.